The van der Waals surface area contributed by atoms with E-state index in [9.17, 15) is 18.5 Å². The zero-order valence-electron chi connectivity index (χ0n) is 7.82. The minimum absolute atomic E-state index is 0.187. The molecule has 15 heavy (non-hydrogen) atoms. The molecule has 1 rings (SSSR count). The summed E-state index contributed by atoms with van der Waals surface area (Å²) < 4.78 is 30.4. The van der Waals surface area contributed by atoms with Gasteiger partial charge in [0, 0.05) is 12.1 Å². The van der Waals surface area contributed by atoms with Crippen molar-refractivity contribution < 1.29 is 17.9 Å². The van der Waals surface area contributed by atoms with E-state index in [0.29, 0.717) is 0 Å². The van der Waals surface area contributed by atoms with Gasteiger partial charge in [0.1, 0.15) is 5.25 Å². The summed E-state index contributed by atoms with van der Waals surface area (Å²) in [6, 6.07) is 5.15. The van der Waals surface area contributed by atoms with E-state index >= 15 is 0 Å². The van der Waals surface area contributed by atoms with Gasteiger partial charge < -0.3 is 0 Å². The van der Waals surface area contributed by atoms with Crippen molar-refractivity contribution in [2.75, 3.05) is 0 Å². The number of hydrogen-bond acceptors (Lipinski definition) is 4. The zero-order valence-corrected chi connectivity index (χ0v) is 8.64. The third-order valence-electron chi connectivity index (χ3n) is 2.00. The van der Waals surface area contributed by atoms with E-state index in [1.54, 1.807) is 0 Å². The summed E-state index contributed by atoms with van der Waals surface area (Å²) in [7, 11) is -4.22. The third kappa shape index (κ3) is 2.74. The highest BCUT2D eigenvalue weighted by Crippen LogP contribution is 2.24. The number of nitro groups is 1. The van der Waals surface area contributed by atoms with Crippen molar-refractivity contribution >= 4 is 15.8 Å². The van der Waals surface area contributed by atoms with E-state index in [1.807, 2.05) is 0 Å². The fourth-order valence-corrected chi connectivity index (χ4v) is 1.55. The number of hydrogen-bond donors (Lipinski definition) is 1. The normalized spacial score (nSPS) is 13.5. The average molecular weight is 231 g/mol. The predicted molar refractivity (Wildman–Crippen MR) is 53.1 cm³/mol. The second kappa shape index (κ2) is 3.95. The first-order chi connectivity index (χ1) is 6.82. The van der Waals surface area contributed by atoms with E-state index in [-0.39, 0.29) is 11.3 Å². The molecule has 0 bridgehead atoms. The second-order valence-corrected chi connectivity index (χ2v) is 4.75. The summed E-state index contributed by atoms with van der Waals surface area (Å²) in [4.78, 5) is 9.79. The lowest BCUT2D eigenvalue weighted by atomic mass is 10.1. The summed E-state index contributed by atoms with van der Waals surface area (Å²) in [6.07, 6.45) is 0. The van der Waals surface area contributed by atoms with Crippen molar-refractivity contribution in [3.63, 3.8) is 0 Å². The molecule has 1 aromatic rings. The Labute approximate surface area is 86.4 Å². The van der Waals surface area contributed by atoms with Crippen LogP contribution in [0.5, 0.6) is 0 Å². The fraction of sp³-hybridized carbons (Fsp3) is 0.250. The largest absolute Gasteiger partial charge is 0.285 e. The maximum absolute atomic E-state index is 10.8. The highest BCUT2D eigenvalue weighted by molar-refractivity contribution is 7.86. The van der Waals surface area contributed by atoms with Gasteiger partial charge in [-0.2, -0.15) is 8.42 Å². The Kier molecular flexibility index (Phi) is 3.06. The molecular weight excluding hydrogens is 222 g/mol. The topological polar surface area (TPSA) is 97.5 Å². The summed E-state index contributed by atoms with van der Waals surface area (Å²) in [5.41, 5.74) is -0.0188. The van der Waals surface area contributed by atoms with Gasteiger partial charge >= 0.3 is 0 Å². The number of nitro benzene ring substituents is 1. The number of rotatable bonds is 3. The number of non-ortho nitro benzene ring substituents is 1. The van der Waals surface area contributed by atoms with Crippen molar-refractivity contribution in [3.05, 3.63) is 39.9 Å². The molecule has 6 nitrogen and oxygen atoms in total. The Morgan fingerprint density at radius 2 is 2.07 bits per heavy atom. The Morgan fingerprint density at radius 1 is 1.47 bits per heavy atom. The summed E-state index contributed by atoms with van der Waals surface area (Å²) in [5, 5.41) is 9.25. The first-order valence-electron chi connectivity index (χ1n) is 4.03. The van der Waals surface area contributed by atoms with E-state index in [1.165, 1.54) is 25.1 Å². The van der Waals surface area contributed by atoms with Crippen LogP contribution in [0, 0.1) is 10.1 Å². The van der Waals surface area contributed by atoms with E-state index in [2.05, 4.69) is 0 Å². The molecule has 0 aliphatic heterocycles. The molecule has 0 heterocycles. The fourth-order valence-electron chi connectivity index (χ4n) is 1.06. The van der Waals surface area contributed by atoms with Crippen molar-refractivity contribution in [2.45, 2.75) is 12.2 Å². The van der Waals surface area contributed by atoms with Crippen LogP contribution in [-0.4, -0.2) is 17.9 Å². The lowest BCUT2D eigenvalue weighted by Crippen LogP contribution is -2.08. The van der Waals surface area contributed by atoms with Gasteiger partial charge in [-0.3, -0.25) is 14.7 Å². The van der Waals surface area contributed by atoms with Crippen LogP contribution in [0.15, 0.2) is 24.3 Å². The minimum Gasteiger partial charge on any atom is -0.285 e. The molecule has 1 atom stereocenters. The standard InChI is InChI=1S/C8H9NO5S/c1-6(15(12,13)14)7-3-2-4-8(5-7)9(10)11/h2-6H,1H3,(H,12,13,14). The van der Waals surface area contributed by atoms with Crippen molar-refractivity contribution in [1.29, 1.82) is 0 Å². The highest BCUT2D eigenvalue weighted by Gasteiger charge is 2.21. The molecular formula is C8H9NO5S. The first kappa shape index (κ1) is 11.6. The van der Waals surface area contributed by atoms with E-state index in [4.69, 9.17) is 4.55 Å². The molecule has 0 aromatic heterocycles. The molecule has 7 heteroatoms. The maximum Gasteiger partial charge on any atom is 0.271 e. The van der Waals surface area contributed by atoms with E-state index in [0.717, 1.165) is 6.07 Å². The van der Waals surface area contributed by atoms with Crippen LogP contribution >= 0.6 is 0 Å². The maximum atomic E-state index is 10.8. The van der Waals surface area contributed by atoms with Gasteiger partial charge in [0.2, 0.25) is 0 Å². The van der Waals surface area contributed by atoms with Crippen LogP contribution in [0.25, 0.3) is 0 Å². The SMILES string of the molecule is CC(c1cccc([N+](=O)[O-])c1)S(=O)(=O)O. The van der Waals surface area contributed by atoms with Gasteiger partial charge in [-0.15, -0.1) is 0 Å². The van der Waals surface area contributed by atoms with Gasteiger partial charge in [-0.05, 0) is 12.5 Å². The smallest absolute Gasteiger partial charge is 0.271 e. The molecule has 0 radical (unpaired) electrons. The number of benzene rings is 1. The van der Waals surface area contributed by atoms with Crippen LogP contribution in [0.2, 0.25) is 0 Å². The van der Waals surface area contributed by atoms with Crippen LogP contribution in [0.3, 0.4) is 0 Å². The molecule has 1 N–H and O–H groups in total. The van der Waals surface area contributed by atoms with Crippen molar-refractivity contribution in [3.8, 4) is 0 Å². The molecule has 0 aliphatic carbocycles. The third-order valence-corrected chi connectivity index (χ3v) is 3.16. The first-order valence-corrected chi connectivity index (χ1v) is 5.53. The average Bonchev–Trinajstić information content (AvgIpc) is 2.15. The lowest BCUT2D eigenvalue weighted by Gasteiger charge is -2.07. The van der Waals surface area contributed by atoms with Gasteiger partial charge in [0.15, 0.2) is 0 Å². The van der Waals surface area contributed by atoms with Crippen LogP contribution in [0.1, 0.15) is 17.7 Å². The molecule has 0 fully saturated rings. The van der Waals surface area contributed by atoms with Crippen molar-refractivity contribution in [1.82, 2.24) is 0 Å². The Morgan fingerprint density at radius 3 is 2.53 bits per heavy atom. The molecule has 0 spiro atoms. The van der Waals surface area contributed by atoms with Gasteiger partial charge in [0.05, 0.1) is 4.92 Å². The minimum atomic E-state index is -4.22. The summed E-state index contributed by atoms with van der Waals surface area (Å²) in [5.74, 6) is 0. The lowest BCUT2D eigenvalue weighted by molar-refractivity contribution is -0.384. The molecule has 0 saturated heterocycles. The zero-order chi connectivity index (χ0) is 11.6. The second-order valence-electron chi connectivity index (χ2n) is 3.01. The predicted octanol–water partition coefficient (Wildman–Crippen LogP) is 1.54. The molecule has 0 aliphatic rings. The van der Waals surface area contributed by atoms with Crippen LogP contribution in [-0.2, 0) is 10.1 Å². The Balaban J connectivity index is 3.17. The quantitative estimate of drug-likeness (QED) is 0.483. The monoisotopic (exact) mass is 231 g/mol. The Bertz CT molecular complexity index is 482. The molecule has 0 saturated carbocycles. The van der Waals surface area contributed by atoms with E-state index < -0.39 is 20.3 Å². The van der Waals surface area contributed by atoms with Gasteiger partial charge in [-0.1, -0.05) is 12.1 Å². The highest BCUT2D eigenvalue weighted by atomic mass is 32.2. The molecule has 82 valence electrons. The number of nitrogens with zero attached hydrogens (tertiary/aromatic N) is 1. The Hall–Kier alpha value is -1.47. The summed E-state index contributed by atoms with van der Waals surface area (Å²) >= 11 is 0. The van der Waals surface area contributed by atoms with Crippen LogP contribution < -0.4 is 0 Å². The van der Waals surface area contributed by atoms with Crippen LogP contribution in [0.4, 0.5) is 5.69 Å². The van der Waals surface area contributed by atoms with Gasteiger partial charge in [-0.25, -0.2) is 0 Å². The summed E-state index contributed by atoms with van der Waals surface area (Å²) in [6.45, 7) is 1.26. The van der Waals surface area contributed by atoms with Crippen molar-refractivity contribution in [2.24, 2.45) is 0 Å². The molecule has 1 aromatic carbocycles. The van der Waals surface area contributed by atoms with Gasteiger partial charge in [0.25, 0.3) is 15.8 Å². The molecule has 0 amide bonds. The molecule has 1 unspecified atom stereocenters.